The van der Waals surface area contributed by atoms with Crippen LogP contribution in [0.5, 0.6) is 5.75 Å². The second kappa shape index (κ2) is 6.43. The maximum atomic E-state index is 12.6. The first-order valence-corrected chi connectivity index (χ1v) is 6.59. The summed E-state index contributed by atoms with van der Waals surface area (Å²) >= 11 is 3.02. The largest absolute Gasteiger partial charge is 0.493 e. The van der Waals surface area contributed by atoms with Gasteiger partial charge in [0.05, 0.1) is 17.1 Å². The second-order valence-electron chi connectivity index (χ2n) is 4.21. The SMILES string of the molecule is CCOc1ccc(C(N)C(C(F)(F)F)C(F)(F)F)cc1Br. The number of hydrogen-bond donors (Lipinski definition) is 1. The molecule has 0 aliphatic carbocycles. The molecule has 1 rings (SSSR count). The fourth-order valence-electron chi connectivity index (χ4n) is 1.78. The Kier molecular flexibility index (Phi) is 5.54. The molecule has 0 bridgehead atoms. The minimum absolute atomic E-state index is 0.236. The molecule has 0 aromatic heterocycles. The maximum absolute atomic E-state index is 12.6. The molecule has 1 atom stereocenters. The molecule has 0 aliphatic heterocycles. The number of ether oxygens (including phenoxy) is 1. The fraction of sp³-hybridized carbons (Fsp3) is 0.500. The van der Waals surface area contributed by atoms with Gasteiger partial charge in [-0.15, -0.1) is 0 Å². The van der Waals surface area contributed by atoms with Gasteiger partial charge >= 0.3 is 12.4 Å². The Balaban J connectivity index is 3.16. The van der Waals surface area contributed by atoms with Crippen molar-refractivity contribution >= 4 is 15.9 Å². The predicted octanol–water partition coefficient (Wildman–Crippen LogP) is 4.59. The molecule has 0 fully saturated rings. The minimum Gasteiger partial charge on any atom is -0.493 e. The lowest BCUT2D eigenvalue weighted by molar-refractivity contribution is -0.290. The molecule has 0 saturated carbocycles. The molecule has 0 aliphatic rings. The number of alkyl halides is 6. The summed E-state index contributed by atoms with van der Waals surface area (Å²) in [7, 11) is 0. The van der Waals surface area contributed by atoms with Crippen molar-refractivity contribution in [3.8, 4) is 5.75 Å². The Labute approximate surface area is 125 Å². The van der Waals surface area contributed by atoms with Gasteiger partial charge in [0.1, 0.15) is 5.75 Å². The van der Waals surface area contributed by atoms with Gasteiger partial charge in [-0.25, -0.2) is 0 Å². The van der Waals surface area contributed by atoms with Crippen molar-refractivity contribution in [3.63, 3.8) is 0 Å². The van der Waals surface area contributed by atoms with Gasteiger partial charge < -0.3 is 10.5 Å². The van der Waals surface area contributed by atoms with E-state index >= 15 is 0 Å². The van der Waals surface area contributed by atoms with E-state index in [2.05, 4.69) is 15.9 Å². The van der Waals surface area contributed by atoms with Crippen LogP contribution in [0, 0.1) is 5.92 Å². The van der Waals surface area contributed by atoms with Gasteiger partial charge in [0, 0.05) is 0 Å². The van der Waals surface area contributed by atoms with E-state index < -0.39 is 24.3 Å². The van der Waals surface area contributed by atoms with Gasteiger partial charge in [-0.1, -0.05) is 6.07 Å². The summed E-state index contributed by atoms with van der Waals surface area (Å²) in [5, 5.41) is 0. The van der Waals surface area contributed by atoms with Gasteiger partial charge in [-0.3, -0.25) is 0 Å². The van der Waals surface area contributed by atoms with Gasteiger partial charge in [0.2, 0.25) is 0 Å². The van der Waals surface area contributed by atoms with Crippen molar-refractivity contribution in [2.75, 3.05) is 6.61 Å². The zero-order valence-corrected chi connectivity index (χ0v) is 12.3. The smallest absolute Gasteiger partial charge is 0.402 e. The van der Waals surface area contributed by atoms with Crippen molar-refractivity contribution < 1.29 is 31.1 Å². The molecule has 0 spiro atoms. The Bertz CT molecular complexity index is 474. The van der Waals surface area contributed by atoms with E-state index in [-0.39, 0.29) is 10.0 Å². The normalized spacial score (nSPS) is 14.4. The number of hydrogen-bond acceptors (Lipinski definition) is 2. The zero-order chi connectivity index (χ0) is 16.4. The molecular weight excluding hydrogens is 368 g/mol. The monoisotopic (exact) mass is 379 g/mol. The van der Waals surface area contributed by atoms with E-state index in [4.69, 9.17) is 10.5 Å². The molecular formula is C12H12BrF6NO. The molecule has 0 radical (unpaired) electrons. The van der Waals surface area contributed by atoms with Crippen LogP contribution < -0.4 is 10.5 Å². The van der Waals surface area contributed by atoms with E-state index in [1.165, 1.54) is 6.07 Å². The van der Waals surface area contributed by atoms with Crippen molar-refractivity contribution in [1.82, 2.24) is 0 Å². The lowest BCUT2D eigenvalue weighted by atomic mass is 9.92. The minimum atomic E-state index is -5.48. The van der Waals surface area contributed by atoms with Crippen LogP contribution in [-0.4, -0.2) is 19.0 Å². The summed E-state index contributed by atoms with van der Waals surface area (Å²) in [6, 6.07) is 1.20. The topological polar surface area (TPSA) is 35.2 Å². The summed E-state index contributed by atoms with van der Waals surface area (Å²) < 4.78 is 81.1. The Morgan fingerprint density at radius 1 is 1.14 bits per heavy atom. The first-order valence-electron chi connectivity index (χ1n) is 5.79. The average molecular weight is 380 g/mol. The highest BCUT2D eigenvalue weighted by atomic mass is 79.9. The van der Waals surface area contributed by atoms with Crippen LogP contribution in [0.2, 0.25) is 0 Å². The maximum Gasteiger partial charge on any atom is 0.402 e. The Hall–Kier alpha value is -0.960. The fourth-order valence-corrected chi connectivity index (χ4v) is 2.29. The summed E-state index contributed by atoms with van der Waals surface area (Å²) in [5.41, 5.74) is 4.92. The number of halogens is 7. The van der Waals surface area contributed by atoms with Gasteiger partial charge in [0.25, 0.3) is 0 Å². The van der Waals surface area contributed by atoms with E-state index in [9.17, 15) is 26.3 Å². The Morgan fingerprint density at radius 2 is 1.67 bits per heavy atom. The highest BCUT2D eigenvalue weighted by Gasteiger charge is 2.59. The van der Waals surface area contributed by atoms with Gasteiger partial charge in [-0.05, 0) is 40.5 Å². The number of benzene rings is 1. The average Bonchev–Trinajstić information content (AvgIpc) is 2.28. The molecule has 9 heteroatoms. The molecule has 0 heterocycles. The third kappa shape index (κ3) is 4.50. The quantitative estimate of drug-likeness (QED) is 0.776. The van der Waals surface area contributed by atoms with E-state index in [0.717, 1.165) is 12.1 Å². The highest BCUT2D eigenvalue weighted by molar-refractivity contribution is 9.10. The Morgan fingerprint density at radius 3 is 2.05 bits per heavy atom. The third-order valence-corrected chi connectivity index (χ3v) is 3.32. The molecule has 2 N–H and O–H groups in total. The molecule has 0 amide bonds. The summed E-state index contributed by atoms with van der Waals surface area (Å²) in [4.78, 5) is 0. The van der Waals surface area contributed by atoms with Crippen molar-refractivity contribution in [1.29, 1.82) is 0 Å². The molecule has 1 aromatic carbocycles. The molecule has 1 aromatic rings. The van der Waals surface area contributed by atoms with Gasteiger partial charge in [-0.2, -0.15) is 26.3 Å². The van der Waals surface area contributed by atoms with Crippen LogP contribution in [0.25, 0.3) is 0 Å². The molecule has 1 unspecified atom stereocenters. The molecule has 0 saturated heterocycles. The summed E-state index contributed by atoms with van der Waals surface area (Å²) in [6.45, 7) is 1.99. The molecule has 2 nitrogen and oxygen atoms in total. The summed E-state index contributed by atoms with van der Waals surface area (Å²) in [6.07, 6.45) is -11.0. The molecule has 120 valence electrons. The van der Waals surface area contributed by atoms with Crippen molar-refractivity contribution in [3.05, 3.63) is 28.2 Å². The van der Waals surface area contributed by atoms with E-state index in [1.807, 2.05) is 0 Å². The highest BCUT2D eigenvalue weighted by Crippen LogP contribution is 2.46. The lowest BCUT2D eigenvalue weighted by Crippen LogP contribution is -2.43. The number of nitrogens with two attached hydrogens (primary N) is 1. The lowest BCUT2D eigenvalue weighted by Gasteiger charge is -2.28. The van der Waals surface area contributed by atoms with Crippen LogP contribution in [0.15, 0.2) is 22.7 Å². The van der Waals surface area contributed by atoms with E-state index in [1.54, 1.807) is 6.92 Å². The zero-order valence-electron chi connectivity index (χ0n) is 10.7. The van der Waals surface area contributed by atoms with Crippen LogP contribution in [-0.2, 0) is 0 Å². The van der Waals surface area contributed by atoms with E-state index in [0.29, 0.717) is 12.4 Å². The van der Waals surface area contributed by atoms with Crippen molar-refractivity contribution in [2.24, 2.45) is 11.7 Å². The van der Waals surface area contributed by atoms with Gasteiger partial charge in [0.15, 0.2) is 5.92 Å². The standard InChI is InChI=1S/C12H12BrF6NO/c1-2-21-8-4-3-6(5-7(8)13)9(20)10(11(14,15)16)12(17,18)19/h3-5,9-10H,2,20H2,1H3. The van der Waals surface area contributed by atoms with Crippen LogP contribution >= 0.6 is 15.9 Å². The summed E-state index contributed by atoms with van der Waals surface area (Å²) in [5.74, 6) is -3.32. The third-order valence-electron chi connectivity index (χ3n) is 2.71. The molecule has 21 heavy (non-hydrogen) atoms. The number of rotatable bonds is 4. The predicted molar refractivity (Wildman–Crippen MR) is 67.8 cm³/mol. The van der Waals surface area contributed by atoms with Crippen LogP contribution in [0.1, 0.15) is 18.5 Å². The first-order chi connectivity index (χ1) is 9.48. The second-order valence-corrected chi connectivity index (χ2v) is 5.06. The first kappa shape index (κ1) is 18.1. The van der Waals surface area contributed by atoms with Crippen LogP contribution in [0.3, 0.4) is 0 Å². The van der Waals surface area contributed by atoms with Crippen LogP contribution in [0.4, 0.5) is 26.3 Å². The van der Waals surface area contributed by atoms with Crippen molar-refractivity contribution in [2.45, 2.75) is 25.3 Å².